The van der Waals surface area contributed by atoms with Crippen LogP contribution in [0.4, 0.5) is 10.1 Å². The second kappa shape index (κ2) is 10.7. The maximum atomic E-state index is 13.2. The summed E-state index contributed by atoms with van der Waals surface area (Å²) in [5.74, 6) is -1.48. The Hall–Kier alpha value is -3.73. The Labute approximate surface area is 193 Å². The lowest BCUT2D eigenvalue weighted by Gasteiger charge is -2.10. The van der Waals surface area contributed by atoms with Crippen molar-refractivity contribution in [3.63, 3.8) is 0 Å². The molecule has 0 spiro atoms. The first-order chi connectivity index (χ1) is 15.9. The van der Waals surface area contributed by atoms with Gasteiger partial charge in [-0.15, -0.1) is 10.2 Å². The Bertz CT molecular complexity index is 1150. The van der Waals surface area contributed by atoms with E-state index in [0.717, 1.165) is 0 Å². The molecule has 172 valence electrons. The Morgan fingerprint density at radius 2 is 1.61 bits per heavy atom. The summed E-state index contributed by atoms with van der Waals surface area (Å²) in [6.45, 7) is 2.46. The van der Waals surface area contributed by atoms with Crippen molar-refractivity contribution in [3.05, 3.63) is 59.4 Å². The van der Waals surface area contributed by atoms with Crippen LogP contribution < -0.4 is 5.32 Å². The molecule has 0 aliphatic carbocycles. The van der Waals surface area contributed by atoms with Gasteiger partial charge < -0.3 is 19.4 Å². The van der Waals surface area contributed by atoms with E-state index in [4.69, 9.17) is 9.47 Å². The van der Waals surface area contributed by atoms with Gasteiger partial charge in [-0.2, -0.15) is 0 Å². The number of carbonyl (C=O) groups excluding carboxylic acids is 3. The van der Waals surface area contributed by atoms with E-state index < -0.39 is 11.9 Å². The van der Waals surface area contributed by atoms with Crippen LogP contribution in [0, 0.1) is 5.82 Å². The van der Waals surface area contributed by atoms with Crippen molar-refractivity contribution < 1.29 is 28.2 Å². The molecule has 0 saturated heterocycles. The fraction of sp³-hybridized carbons (Fsp3) is 0.227. The second-order valence-corrected chi connectivity index (χ2v) is 7.62. The number of hydrogen-bond donors (Lipinski definition) is 1. The SMILES string of the molecule is CCn1c(SCC(=O)Nc2cc(C(=O)OC)cc(C(=O)OC)c2)nnc1-c1ccc(F)cc1. The Balaban J connectivity index is 1.74. The molecule has 0 bridgehead atoms. The van der Waals surface area contributed by atoms with Gasteiger partial charge in [-0.1, -0.05) is 11.8 Å². The standard InChI is InChI=1S/C22H21FN4O5S/c1-4-27-19(13-5-7-16(23)8-6-13)25-26-22(27)33-12-18(28)24-17-10-14(20(29)31-2)9-15(11-17)21(30)32-3/h5-11H,4,12H2,1-3H3,(H,24,28). The van der Waals surface area contributed by atoms with Crippen molar-refractivity contribution in [2.45, 2.75) is 18.6 Å². The zero-order valence-corrected chi connectivity index (χ0v) is 18.9. The van der Waals surface area contributed by atoms with Gasteiger partial charge in [0.25, 0.3) is 0 Å². The lowest BCUT2D eigenvalue weighted by Crippen LogP contribution is -2.16. The molecule has 1 heterocycles. The van der Waals surface area contributed by atoms with Crippen LogP contribution in [0.15, 0.2) is 47.6 Å². The minimum atomic E-state index is -0.657. The van der Waals surface area contributed by atoms with E-state index in [1.165, 1.54) is 56.3 Å². The number of carbonyl (C=O) groups is 3. The van der Waals surface area contributed by atoms with Crippen molar-refractivity contribution in [2.75, 3.05) is 25.3 Å². The van der Waals surface area contributed by atoms with Crippen LogP contribution in [0.2, 0.25) is 0 Å². The normalized spacial score (nSPS) is 10.5. The van der Waals surface area contributed by atoms with Crippen LogP contribution in [0.25, 0.3) is 11.4 Å². The van der Waals surface area contributed by atoms with E-state index in [9.17, 15) is 18.8 Å². The minimum Gasteiger partial charge on any atom is -0.465 e. The number of aromatic nitrogens is 3. The molecule has 1 amide bonds. The highest BCUT2D eigenvalue weighted by molar-refractivity contribution is 7.99. The Kier molecular flexibility index (Phi) is 7.78. The average molecular weight is 472 g/mol. The summed E-state index contributed by atoms with van der Waals surface area (Å²) in [4.78, 5) is 36.3. The molecule has 2 aromatic carbocycles. The minimum absolute atomic E-state index is 0.00242. The number of thioether (sulfide) groups is 1. The summed E-state index contributed by atoms with van der Waals surface area (Å²) in [5, 5.41) is 11.5. The van der Waals surface area contributed by atoms with Crippen LogP contribution in [0.1, 0.15) is 27.6 Å². The van der Waals surface area contributed by atoms with E-state index in [0.29, 0.717) is 23.1 Å². The van der Waals surface area contributed by atoms with Crippen molar-refractivity contribution >= 4 is 35.3 Å². The number of benzene rings is 2. The number of ether oxygens (including phenoxy) is 2. The summed E-state index contributed by atoms with van der Waals surface area (Å²) in [6.07, 6.45) is 0. The number of anilines is 1. The quantitative estimate of drug-likeness (QED) is 0.392. The van der Waals surface area contributed by atoms with Gasteiger partial charge in [0.2, 0.25) is 5.91 Å². The van der Waals surface area contributed by atoms with Crippen LogP contribution in [0.5, 0.6) is 0 Å². The lowest BCUT2D eigenvalue weighted by atomic mass is 10.1. The van der Waals surface area contributed by atoms with Gasteiger partial charge in [0.15, 0.2) is 11.0 Å². The zero-order chi connectivity index (χ0) is 24.0. The van der Waals surface area contributed by atoms with Crippen LogP contribution in [0.3, 0.4) is 0 Å². The topological polar surface area (TPSA) is 112 Å². The molecule has 0 saturated carbocycles. The number of amides is 1. The molecule has 0 unspecified atom stereocenters. The van der Waals surface area contributed by atoms with Crippen molar-refractivity contribution in [1.29, 1.82) is 0 Å². The maximum absolute atomic E-state index is 13.2. The van der Waals surface area contributed by atoms with Gasteiger partial charge in [-0.3, -0.25) is 4.79 Å². The monoisotopic (exact) mass is 472 g/mol. The molecule has 0 fully saturated rings. The molecule has 0 aliphatic heterocycles. The highest BCUT2D eigenvalue weighted by Gasteiger charge is 2.17. The second-order valence-electron chi connectivity index (χ2n) is 6.68. The van der Waals surface area contributed by atoms with Crippen LogP contribution in [-0.4, -0.2) is 52.6 Å². The summed E-state index contributed by atoms with van der Waals surface area (Å²) >= 11 is 1.17. The Morgan fingerprint density at radius 1 is 1.00 bits per heavy atom. The van der Waals surface area contributed by atoms with Gasteiger partial charge in [-0.05, 0) is 49.4 Å². The van der Waals surface area contributed by atoms with E-state index >= 15 is 0 Å². The van der Waals surface area contributed by atoms with E-state index in [1.807, 2.05) is 11.5 Å². The Morgan fingerprint density at radius 3 is 2.15 bits per heavy atom. The third-order valence-electron chi connectivity index (χ3n) is 4.53. The molecular formula is C22H21FN4O5S. The summed E-state index contributed by atoms with van der Waals surface area (Å²) in [6, 6.07) is 10.0. The average Bonchev–Trinajstić information content (AvgIpc) is 3.24. The molecule has 1 aromatic heterocycles. The van der Waals surface area contributed by atoms with E-state index in [-0.39, 0.29) is 34.3 Å². The highest BCUT2D eigenvalue weighted by atomic mass is 32.2. The number of rotatable bonds is 8. The number of nitrogens with one attached hydrogen (secondary N) is 1. The largest absolute Gasteiger partial charge is 0.465 e. The van der Waals surface area contributed by atoms with Crippen molar-refractivity contribution in [1.82, 2.24) is 14.8 Å². The van der Waals surface area contributed by atoms with Crippen molar-refractivity contribution in [2.24, 2.45) is 0 Å². The van der Waals surface area contributed by atoms with Gasteiger partial charge >= 0.3 is 11.9 Å². The fourth-order valence-corrected chi connectivity index (χ4v) is 3.79. The maximum Gasteiger partial charge on any atom is 0.337 e. The van der Waals surface area contributed by atoms with Gasteiger partial charge in [0.1, 0.15) is 5.82 Å². The van der Waals surface area contributed by atoms with Crippen molar-refractivity contribution in [3.8, 4) is 11.4 Å². The number of nitrogens with zero attached hydrogens (tertiary/aromatic N) is 3. The molecule has 3 rings (SSSR count). The number of hydrogen-bond acceptors (Lipinski definition) is 8. The number of methoxy groups -OCH3 is 2. The molecule has 3 aromatic rings. The molecule has 1 N–H and O–H groups in total. The van der Waals surface area contributed by atoms with Gasteiger partial charge in [-0.25, -0.2) is 14.0 Å². The molecule has 11 heteroatoms. The first-order valence-corrected chi connectivity index (χ1v) is 10.8. The highest BCUT2D eigenvalue weighted by Crippen LogP contribution is 2.25. The number of esters is 2. The third kappa shape index (κ3) is 5.75. The lowest BCUT2D eigenvalue weighted by molar-refractivity contribution is -0.113. The predicted molar refractivity (Wildman–Crippen MR) is 120 cm³/mol. The summed E-state index contributed by atoms with van der Waals surface area (Å²) in [7, 11) is 2.43. The third-order valence-corrected chi connectivity index (χ3v) is 5.49. The molecule has 9 nitrogen and oxygen atoms in total. The van der Waals surface area contributed by atoms with Crippen LogP contribution >= 0.6 is 11.8 Å². The summed E-state index contributed by atoms with van der Waals surface area (Å²) in [5.41, 5.74) is 1.14. The van der Waals surface area contributed by atoms with Gasteiger partial charge in [0.05, 0.1) is 31.1 Å². The zero-order valence-electron chi connectivity index (χ0n) is 18.1. The smallest absolute Gasteiger partial charge is 0.337 e. The summed E-state index contributed by atoms with van der Waals surface area (Å²) < 4.78 is 24.4. The van der Waals surface area contributed by atoms with Crippen LogP contribution in [-0.2, 0) is 20.8 Å². The molecule has 0 atom stereocenters. The first kappa shape index (κ1) is 23.9. The van der Waals surface area contributed by atoms with E-state index in [1.54, 1.807) is 12.1 Å². The molecule has 33 heavy (non-hydrogen) atoms. The molecule has 0 aliphatic rings. The fourth-order valence-electron chi connectivity index (χ4n) is 2.99. The predicted octanol–water partition coefficient (Wildman–Crippen LogP) is 3.41. The first-order valence-electron chi connectivity index (χ1n) is 9.79. The van der Waals surface area contributed by atoms with E-state index in [2.05, 4.69) is 15.5 Å². The molecular weight excluding hydrogens is 451 g/mol. The molecule has 0 radical (unpaired) electrons. The van der Waals surface area contributed by atoms with Gasteiger partial charge in [0, 0.05) is 17.8 Å². The number of halogens is 1.